The Hall–Kier alpha value is -3.01. The average molecular weight is 597 g/mol. The van der Waals surface area contributed by atoms with Crippen molar-refractivity contribution in [2.24, 2.45) is 5.92 Å². The monoisotopic (exact) mass is 596 g/mol. The van der Waals surface area contributed by atoms with Crippen molar-refractivity contribution in [3.05, 3.63) is 70.5 Å². The number of hydrogen-bond donors (Lipinski definition) is 1. The molecule has 5 rings (SSSR count). The summed E-state index contributed by atoms with van der Waals surface area (Å²) in [6, 6.07) is 11.6. The quantitative estimate of drug-likeness (QED) is 0.467. The van der Waals surface area contributed by atoms with Gasteiger partial charge < -0.3 is 24.6 Å². The van der Waals surface area contributed by atoms with Crippen LogP contribution in [0.3, 0.4) is 0 Å². The van der Waals surface area contributed by atoms with Crippen molar-refractivity contribution in [3.8, 4) is 11.3 Å². The predicted octanol–water partition coefficient (Wildman–Crippen LogP) is 5.80. The van der Waals surface area contributed by atoms with Gasteiger partial charge in [0.05, 0.1) is 53.5 Å². The highest BCUT2D eigenvalue weighted by Gasteiger charge is 2.40. The zero-order valence-corrected chi connectivity index (χ0v) is 25.7. The van der Waals surface area contributed by atoms with Crippen molar-refractivity contribution >= 4 is 41.1 Å². The molecule has 1 fully saturated rings. The van der Waals surface area contributed by atoms with Crippen molar-refractivity contribution in [1.29, 1.82) is 0 Å². The number of hydrogen-bond acceptors (Lipinski definition) is 7. The number of pyridine rings is 1. The summed E-state index contributed by atoms with van der Waals surface area (Å²) >= 11 is 8.50. The fourth-order valence-electron chi connectivity index (χ4n) is 5.38. The number of carbonyl (C=O) groups excluding carboxylic acids is 2. The fraction of sp³-hybridized carbons (Fsp3) is 0.452. The number of anilines is 1. The minimum atomic E-state index is -0.583. The van der Waals surface area contributed by atoms with Gasteiger partial charge in [-0.25, -0.2) is 4.79 Å². The number of nitrogens with zero attached hydrogens (tertiary/aromatic N) is 3. The number of nitrogens with one attached hydrogen (secondary N) is 1. The third kappa shape index (κ3) is 6.74. The standard InChI is InChI=1S/C31H37ClN4O4S/c1-19-7-6-8-25(33-19)20-9-11-26(24(32)15-20)36-17-21-10-12-27(41-5)34-28(21)23(29(36)37)16-22-18-35(13-14-39-22)30(38)40-31(2,3)4/h6-12,15,22-23,27,34H,13-14,16-18H2,1-5H3/t22?,23?,27-/m1/s1. The van der Waals surface area contributed by atoms with Gasteiger partial charge in [0.2, 0.25) is 5.91 Å². The van der Waals surface area contributed by atoms with E-state index in [9.17, 15) is 9.59 Å². The Balaban J connectivity index is 1.41. The second-order valence-electron chi connectivity index (χ2n) is 11.6. The maximum absolute atomic E-state index is 14.2. The van der Waals surface area contributed by atoms with Gasteiger partial charge in [0, 0.05) is 23.5 Å². The normalized spacial score (nSPS) is 22.9. The SMILES string of the molecule is CS[C@@H]1C=CC2=C(N1)C(CC1CN(C(=O)OC(C)(C)C)CCO1)C(=O)N(c1ccc(-c3cccc(C)n3)cc1Cl)C2. The van der Waals surface area contributed by atoms with Crippen LogP contribution in [-0.2, 0) is 14.3 Å². The van der Waals surface area contributed by atoms with Crippen LogP contribution in [0, 0.1) is 12.8 Å². The van der Waals surface area contributed by atoms with Crippen LogP contribution < -0.4 is 10.2 Å². The van der Waals surface area contributed by atoms with E-state index in [1.165, 1.54) is 0 Å². The summed E-state index contributed by atoms with van der Waals surface area (Å²) in [5.74, 6) is -0.524. The van der Waals surface area contributed by atoms with E-state index in [0.29, 0.717) is 43.4 Å². The van der Waals surface area contributed by atoms with Gasteiger partial charge in [-0.1, -0.05) is 35.9 Å². The molecule has 0 saturated carbocycles. The lowest BCUT2D eigenvalue weighted by molar-refractivity contribution is -0.123. The molecular weight excluding hydrogens is 560 g/mol. The van der Waals surface area contributed by atoms with Crippen LogP contribution in [0.4, 0.5) is 10.5 Å². The van der Waals surface area contributed by atoms with Crippen molar-refractivity contribution in [2.45, 2.75) is 51.2 Å². The van der Waals surface area contributed by atoms with Gasteiger partial charge in [0.15, 0.2) is 0 Å². The van der Waals surface area contributed by atoms with Crippen molar-refractivity contribution < 1.29 is 19.1 Å². The van der Waals surface area contributed by atoms with E-state index in [4.69, 9.17) is 21.1 Å². The Morgan fingerprint density at radius 3 is 2.78 bits per heavy atom. The van der Waals surface area contributed by atoms with Crippen LogP contribution in [0.5, 0.6) is 0 Å². The number of aromatic nitrogens is 1. The molecule has 0 spiro atoms. The molecule has 3 aliphatic heterocycles. The highest BCUT2D eigenvalue weighted by Crippen LogP contribution is 2.38. The summed E-state index contributed by atoms with van der Waals surface area (Å²) in [5, 5.41) is 4.13. The van der Waals surface area contributed by atoms with Gasteiger partial charge in [-0.05, 0) is 70.2 Å². The number of morpholine rings is 1. The van der Waals surface area contributed by atoms with E-state index < -0.39 is 11.5 Å². The number of halogens is 1. The highest BCUT2D eigenvalue weighted by molar-refractivity contribution is 7.99. The van der Waals surface area contributed by atoms with Crippen LogP contribution in [-0.4, -0.2) is 71.5 Å². The molecule has 2 aromatic rings. The van der Waals surface area contributed by atoms with E-state index in [1.807, 2.05) is 70.3 Å². The minimum absolute atomic E-state index is 0.0484. The molecule has 218 valence electrons. The molecule has 41 heavy (non-hydrogen) atoms. The van der Waals surface area contributed by atoms with Gasteiger partial charge in [0.1, 0.15) is 5.60 Å². The van der Waals surface area contributed by atoms with Gasteiger partial charge in [-0.15, -0.1) is 11.8 Å². The molecule has 10 heteroatoms. The van der Waals surface area contributed by atoms with Crippen LogP contribution >= 0.6 is 23.4 Å². The average Bonchev–Trinajstić information content (AvgIpc) is 2.93. The van der Waals surface area contributed by atoms with Crippen LogP contribution in [0.25, 0.3) is 11.3 Å². The second-order valence-corrected chi connectivity index (χ2v) is 12.9. The fourth-order valence-corrected chi connectivity index (χ4v) is 6.14. The summed E-state index contributed by atoms with van der Waals surface area (Å²) < 4.78 is 11.7. The van der Waals surface area contributed by atoms with Crippen LogP contribution in [0.1, 0.15) is 32.9 Å². The van der Waals surface area contributed by atoms with Crippen molar-refractivity contribution in [1.82, 2.24) is 15.2 Å². The number of ether oxygens (including phenoxy) is 2. The number of benzene rings is 1. The lowest BCUT2D eigenvalue weighted by atomic mass is 9.87. The first-order chi connectivity index (χ1) is 19.5. The molecule has 0 aliphatic carbocycles. The van der Waals surface area contributed by atoms with E-state index in [-0.39, 0.29) is 23.5 Å². The molecule has 0 radical (unpaired) electrons. The van der Waals surface area contributed by atoms with E-state index >= 15 is 0 Å². The Kier molecular flexibility index (Phi) is 8.68. The third-order valence-electron chi connectivity index (χ3n) is 7.32. The van der Waals surface area contributed by atoms with Gasteiger partial charge in [0.25, 0.3) is 0 Å². The summed E-state index contributed by atoms with van der Waals surface area (Å²) in [7, 11) is 0. The zero-order valence-electron chi connectivity index (χ0n) is 24.1. The number of carbonyl (C=O) groups is 2. The molecular formula is C31H37ClN4O4S. The lowest BCUT2D eigenvalue weighted by Gasteiger charge is -2.41. The van der Waals surface area contributed by atoms with Gasteiger partial charge >= 0.3 is 6.09 Å². The van der Waals surface area contributed by atoms with Crippen molar-refractivity contribution in [3.63, 3.8) is 0 Å². The Labute approximate surface area is 251 Å². The highest BCUT2D eigenvalue weighted by atomic mass is 35.5. The maximum atomic E-state index is 14.2. The summed E-state index contributed by atoms with van der Waals surface area (Å²) in [6.45, 7) is 9.13. The molecule has 0 bridgehead atoms. The third-order valence-corrected chi connectivity index (χ3v) is 8.41. The Morgan fingerprint density at radius 1 is 1.27 bits per heavy atom. The van der Waals surface area contributed by atoms with Crippen molar-refractivity contribution in [2.75, 3.05) is 37.4 Å². The number of dihydropyridines is 1. The Morgan fingerprint density at radius 2 is 2.07 bits per heavy atom. The van der Waals surface area contributed by atoms with Crippen LogP contribution in [0.2, 0.25) is 5.02 Å². The summed E-state index contributed by atoms with van der Waals surface area (Å²) in [6.07, 6.45) is 6.01. The molecule has 1 saturated heterocycles. The molecule has 1 aromatic carbocycles. The van der Waals surface area contributed by atoms with Gasteiger partial charge in [-0.3, -0.25) is 9.78 Å². The predicted molar refractivity (Wildman–Crippen MR) is 164 cm³/mol. The molecule has 4 heterocycles. The van der Waals surface area contributed by atoms with Crippen LogP contribution in [0.15, 0.2) is 59.8 Å². The van der Waals surface area contributed by atoms with E-state index in [1.54, 1.807) is 21.6 Å². The topological polar surface area (TPSA) is 84.0 Å². The summed E-state index contributed by atoms with van der Waals surface area (Å²) in [4.78, 5) is 35.0. The smallest absolute Gasteiger partial charge is 0.410 e. The first-order valence-electron chi connectivity index (χ1n) is 13.9. The summed E-state index contributed by atoms with van der Waals surface area (Å²) in [5.41, 5.74) is 4.68. The molecule has 8 nitrogen and oxygen atoms in total. The molecule has 3 aliphatic rings. The first-order valence-corrected chi connectivity index (χ1v) is 15.5. The molecule has 2 unspecified atom stereocenters. The number of amides is 2. The lowest BCUT2D eigenvalue weighted by Crippen LogP contribution is -2.52. The number of thioether (sulfide) groups is 1. The second kappa shape index (κ2) is 12.1. The van der Waals surface area contributed by atoms with Gasteiger partial charge in [-0.2, -0.15) is 0 Å². The largest absolute Gasteiger partial charge is 0.444 e. The molecule has 3 atom stereocenters. The Bertz CT molecular complexity index is 1390. The minimum Gasteiger partial charge on any atom is -0.444 e. The maximum Gasteiger partial charge on any atom is 0.410 e. The number of rotatable bonds is 5. The molecule has 1 aromatic heterocycles. The number of aryl methyl sites for hydroxylation is 1. The first kappa shape index (κ1) is 29.5. The van der Waals surface area contributed by atoms with E-state index in [0.717, 1.165) is 28.2 Å². The zero-order chi connectivity index (χ0) is 29.3. The molecule has 1 N–H and O–H groups in total. The molecule has 2 amide bonds. The van der Waals surface area contributed by atoms with E-state index in [2.05, 4.69) is 22.5 Å².